The molecule has 3 nitrogen and oxygen atoms in total. The topological polar surface area (TPSA) is 28.2 Å². The zero-order valence-electron chi connectivity index (χ0n) is 9.49. The number of hydrogen-bond donors (Lipinski definition) is 1. The highest BCUT2D eigenvalue weighted by molar-refractivity contribution is 7.09. The molecule has 0 bridgehead atoms. The summed E-state index contributed by atoms with van der Waals surface area (Å²) < 4.78 is 0. The van der Waals surface area contributed by atoms with E-state index < -0.39 is 0 Å². The fraction of sp³-hybridized carbons (Fsp3) is 0.727. The third-order valence-corrected chi connectivity index (χ3v) is 3.99. The van der Waals surface area contributed by atoms with Crippen LogP contribution in [0.1, 0.15) is 24.5 Å². The van der Waals surface area contributed by atoms with Gasteiger partial charge in [-0.05, 0) is 13.0 Å². The maximum Gasteiger partial charge on any atom is 0.0926 e. The van der Waals surface area contributed by atoms with Crippen LogP contribution in [0.5, 0.6) is 0 Å². The highest BCUT2D eigenvalue weighted by atomic mass is 32.1. The molecule has 2 heterocycles. The Hall–Kier alpha value is -0.450. The summed E-state index contributed by atoms with van der Waals surface area (Å²) in [5, 5.41) is 6.78. The summed E-state index contributed by atoms with van der Waals surface area (Å²) in [7, 11) is 0. The molecule has 0 saturated carbocycles. The Balaban J connectivity index is 1.93. The van der Waals surface area contributed by atoms with Crippen molar-refractivity contribution in [1.29, 1.82) is 0 Å². The minimum atomic E-state index is 0.724. The Labute approximate surface area is 95.5 Å². The van der Waals surface area contributed by atoms with Gasteiger partial charge in [0.05, 0.1) is 10.7 Å². The third kappa shape index (κ3) is 2.56. The zero-order chi connectivity index (χ0) is 10.7. The van der Waals surface area contributed by atoms with Gasteiger partial charge in [0.25, 0.3) is 0 Å². The minimum absolute atomic E-state index is 0.724. The number of rotatable bonds is 5. The summed E-state index contributed by atoms with van der Waals surface area (Å²) >= 11 is 1.79. The fourth-order valence-electron chi connectivity index (χ4n) is 1.82. The van der Waals surface area contributed by atoms with E-state index in [0.29, 0.717) is 0 Å². The van der Waals surface area contributed by atoms with Crippen molar-refractivity contribution < 1.29 is 0 Å². The Morgan fingerprint density at radius 3 is 2.80 bits per heavy atom. The Morgan fingerprint density at radius 1 is 1.53 bits per heavy atom. The second-order valence-corrected chi connectivity index (χ2v) is 4.90. The van der Waals surface area contributed by atoms with Crippen LogP contribution < -0.4 is 5.32 Å². The first-order valence-electron chi connectivity index (χ1n) is 5.71. The molecular weight excluding hydrogens is 206 g/mol. The smallest absolute Gasteiger partial charge is 0.0926 e. The maximum atomic E-state index is 4.61. The molecule has 0 unspecified atom stereocenters. The molecule has 1 saturated heterocycles. The molecule has 4 heteroatoms. The second-order valence-electron chi connectivity index (χ2n) is 3.96. The van der Waals surface area contributed by atoms with Crippen LogP contribution in [0.4, 0.5) is 0 Å². The molecule has 0 aromatic carbocycles. The lowest BCUT2D eigenvalue weighted by atomic mass is 10.1. The number of hydrogen-bond acceptors (Lipinski definition) is 4. The largest absolute Gasteiger partial charge is 0.314 e. The average molecular weight is 225 g/mol. The maximum absolute atomic E-state index is 4.61. The summed E-state index contributed by atoms with van der Waals surface area (Å²) in [6, 6.07) is 0.724. The highest BCUT2D eigenvalue weighted by Crippen LogP contribution is 2.14. The van der Waals surface area contributed by atoms with E-state index in [-0.39, 0.29) is 0 Å². The molecule has 2 rings (SSSR count). The van der Waals surface area contributed by atoms with Crippen molar-refractivity contribution in [3.63, 3.8) is 0 Å². The van der Waals surface area contributed by atoms with Crippen LogP contribution in [0, 0.1) is 0 Å². The van der Waals surface area contributed by atoms with Crippen molar-refractivity contribution in [3.8, 4) is 0 Å². The van der Waals surface area contributed by atoms with Crippen LogP contribution in [0.3, 0.4) is 0 Å². The van der Waals surface area contributed by atoms with E-state index in [1.165, 1.54) is 10.7 Å². The minimum Gasteiger partial charge on any atom is -0.314 e. The summed E-state index contributed by atoms with van der Waals surface area (Å²) in [4.78, 5) is 7.12. The van der Waals surface area contributed by atoms with E-state index in [4.69, 9.17) is 0 Å². The van der Waals surface area contributed by atoms with Gasteiger partial charge in [-0.2, -0.15) is 0 Å². The predicted molar refractivity (Wildman–Crippen MR) is 64.2 cm³/mol. The molecule has 0 spiro atoms. The molecule has 0 radical (unpaired) electrons. The monoisotopic (exact) mass is 225 g/mol. The van der Waals surface area contributed by atoms with Crippen molar-refractivity contribution in [3.05, 3.63) is 16.1 Å². The van der Waals surface area contributed by atoms with Crippen molar-refractivity contribution in [2.75, 3.05) is 19.6 Å². The number of aromatic nitrogens is 1. The molecule has 0 amide bonds. The number of likely N-dealkylation sites (N-methyl/N-ethyl adjacent to an activating group) is 1. The predicted octanol–water partition coefficient (Wildman–Crippen LogP) is 1.50. The van der Waals surface area contributed by atoms with Crippen LogP contribution in [0.25, 0.3) is 0 Å². The molecule has 0 aliphatic carbocycles. The van der Waals surface area contributed by atoms with Crippen molar-refractivity contribution in [1.82, 2.24) is 15.2 Å². The summed E-state index contributed by atoms with van der Waals surface area (Å²) in [5.41, 5.74) is 1.24. The lowest BCUT2D eigenvalue weighted by Gasteiger charge is -2.37. The molecule has 1 aliphatic rings. The Kier molecular flexibility index (Phi) is 3.72. The molecule has 0 atom stereocenters. The molecule has 1 N–H and O–H groups in total. The first-order valence-corrected chi connectivity index (χ1v) is 6.59. The van der Waals surface area contributed by atoms with Gasteiger partial charge in [0, 0.05) is 31.1 Å². The number of thiazole rings is 1. The molecule has 1 aromatic rings. The number of nitrogens with zero attached hydrogens (tertiary/aromatic N) is 2. The van der Waals surface area contributed by atoms with E-state index in [9.17, 15) is 0 Å². The third-order valence-electron chi connectivity index (χ3n) is 2.95. The van der Waals surface area contributed by atoms with E-state index in [1.807, 2.05) is 0 Å². The molecule has 1 aromatic heterocycles. The SMILES string of the molecule is CCc1nc(CN(CC)C2CNC2)cs1. The highest BCUT2D eigenvalue weighted by Gasteiger charge is 2.23. The molecule has 15 heavy (non-hydrogen) atoms. The molecule has 84 valence electrons. The van der Waals surface area contributed by atoms with Gasteiger partial charge in [-0.25, -0.2) is 4.98 Å². The van der Waals surface area contributed by atoms with Crippen molar-refractivity contribution >= 4 is 11.3 Å². The van der Waals surface area contributed by atoms with Crippen molar-refractivity contribution in [2.45, 2.75) is 32.9 Å². The standard InChI is InChI=1S/C11H19N3S/c1-3-11-13-9(8-15-11)7-14(4-2)10-5-12-6-10/h8,10,12H,3-7H2,1-2H3. The first kappa shape index (κ1) is 11.0. The van der Waals surface area contributed by atoms with Gasteiger partial charge in [0.1, 0.15) is 0 Å². The van der Waals surface area contributed by atoms with Crippen LogP contribution >= 0.6 is 11.3 Å². The van der Waals surface area contributed by atoms with E-state index in [0.717, 1.165) is 38.6 Å². The summed E-state index contributed by atoms with van der Waals surface area (Å²) in [6.07, 6.45) is 1.06. The lowest BCUT2D eigenvalue weighted by molar-refractivity contribution is 0.144. The average Bonchev–Trinajstić information content (AvgIpc) is 2.61. The van der Waals surface area contributed by atoms with Gasteiger partial charge in [0.2, 0.25) is 0 Å². The quantitative estimate of drug-likeness (QED) is 0.823. The lowest BCUT2D eigenvalue weighted by Crippen LogP contribution is -2.56. The van der Waals surface area contributed by atoms with Gasteiger partial charge in [-0.15, -0.1) is 11.3 Å². The molecule has 1 aliphatic heterocycles. The van der Waals surface area contributed by atoms with Crippen LogP contribution in [0.15, 0.2) is 5.38 Å². The number of nitrogens with one attached hydrogen (secondary N) is 1. The van der Waals surface area contributed by atoms with Crippen LogP contribution in [0.2, 0.25) is 0 Å². The van der Waals surface area contributed by atoms with Gasteiger partial charge >= 0.3 is 0 Å². The zero-order valence-corrected chi connectivity index (χ0v) is 10.3. The van der Waals surface area contributed by atoms with E-state index in [1.54, 1.807) is 11.3 Å². The van der Waals surface area contributed by atoms with E-state index in [2.05, 4.69) is 34.4 Å². The number of aryl methyl sites for hydroxylation is 1. The molecule has 1 fully saturated rings. The van der Waals surface area contributed by atoms with Crippen molar-refractivity contribution in [2.24, 2.45) is 0 Å². The van der Waals surface area contributed by atoms with E-state index >= 15 is 0 Å². The second kappa shape index (κ2) is 5.05. The van der Waals surface area contributed by atoms with Gasteiger partial charge < -0.3 is 5.32 Å². The van der Waals surface area contributed by atoms with Crippen LogP contribution in [-0.2, 0) is 13.0 Å². The molecular formula is C11H19N3S. The van der Waals surface area contributed by atoms with Gasteiger partial charge in [0.15, 0.2) is 0 Å². The Morgan fingerprint density at radius 2 is 2.33 bits per heavy atom. The summed E-state index contributed by atoms with van der Waals surface area (Å²) in [6.45, 7) is 8.80. The summed E-state index contributed by atoms with van der Waals surface area (Å²) in [5.74, 6) is 0. The van der Waals surface area contributed by atoms with Gasteiger partial charge in [-0.3, -0.25) is 4.90 Å². The van der Waals surface area contributed by atoms with Crippen LogP contribution in [-0.4, -0.2) is 35.6 Å². The first-order chi connectivity index (χ1) is 7.33. The fourth-order valence-corrected chi connectivity index (χ4v) is 2.56. The van der Waals surface area contributed by atoms with Gasteiger partial charge in [-0.1, -0.05) is 13.8 Å². The normalized spacial score (nSPS) is 17.0. The Bertz CT molecular complexity index is 307.